The van der Waals surface area contributed by atoms with Gasteiger partial charge in [0, 0.05) is 56.9 Å². The fourth-order valence-electron chi connectivity index (χ4n) is 8.70. The van der Waals surface area contributed by atoms with Crippen molar-refractivity contribution in [1.82, 2.24) is 0 Å². The summed E-state index contributed by atoms with van der Waals surface area (Å²) in [6, 6.07) is 98.4. The molecular formula is C62H48N4. The Morgan fingerprint density at radius 3 is 0.561 bits per heavy atom. The number of hydrogen-bond acceptors (Lipinski definition) is 4. The van der Waals surface area contributed by atoms with Crippen LogP contribution in [0, 0.1) is 0 Å². The summed E-state index contributed by atoms with van der Waals surface area (Å²) in [6.45, 7) is 0. The van der Waals surface area contributed by atoms with Gasteiger partial charge in [-0.05, 0) is 155 Å². The van der Waals surface area contributed by atoms with Gasteiger partial charge < -0.3 is 20.4 Å². The van der Waals surface area contributed by atoms with Crippen molar-refractivity contribution in [2.24, 2.45) is 0 Å². The summed E-state index contributed by atoms with van der Waals surface area (Å²) in [7, 11) is 0. The minimum atomic E-state index is 0.717. The molecule has 0 heterocycles. The average molecular weight is 849 g/mol. The second kappa shape index (κ2) is 19.3. The molecule has 0 spiro atoms. The van der Waals surface area contributed by atoms with Gasteiger partial charge in [0.05, 0.1) is 0 Å². The van der Waals surface area contributed by atoms with Gasteiger partial charge in [0.1, 0.15) is 0 Å². The van der Waals surface area contributed by atoms with Crippen LogP contribution < -0.4 is 20.4 Å². The fraction of sp³-hybridized carbons (Fsp3) is 0. The van der Waals surface area contributed by atoms with E-state index in [-0.39, 0.29) is 0 Å². The normalized spacial score (nSPS) is 10.8. The van der Waals surface area contributed by atoms with Gasteiger partial charge >= 0.3 is 0 Å². The Hall–Kier alpha value is -8.86. The van der Waals surface area contributed by atoms with Crippen LogP contribution >= 0.6 is 0 Å². The second-order valence-electron chi connectivity index (χ2n) is 16.0. The SMILES string of the molecule is Nc1ccc(C(=C(c2ccc(N(c3ccccc3)c3ccccc3)cc2)c2ccc(N(c3ccccc3)c3ccccc3)cc2)c2ccc(N(c3ccccc3)c3ccccc3)cc2)cc1. The van der Waals surface area contributed by atoms with Gasteiger partial charge in [0.2, 0.25) is 0 Å². The first kappa shape index (κ1) is 41.2. The molecule has 0 saturated carbocycles. The minimum absolute atomic E-state index is 0.717. The first-order chi connectivity index (χ1) is 32.7. The van der Waals surface area contributed by atoms with Gasteiger partial charge in [-0.1, -0.05) is 158 Å². The lowest BCUT2D eigenvalue weighted by Crippen LogP contribution is -2.10. The van der Waals surface area contributed by atoms with E-state index in [1.54, 1.807) is 0 Å². The summed E-state index contributed by atoms with van der Waals surface area (Å²) in [5.41, 5.74) is 23.3. The van der Waals surface area contributed by atoms with Crippen LogP contribution in [0.2, 0.25) is 0 Å². The molecule has 0 fully saturated rings. The number of nitrogens with two attached hydrogens (primary N) is 1. The first-order valence-corrected chi connectivity index (χ1v) is 22.3. The molecular weight excluding hydrogens is 801 g/mol. The fourth-order valence-corrected chi connectivity index (χ4v) is 8.70. The van der Waals surface area contributed by atoms with Gasteiger partial charge in [0.15, 0.2) is 0 Å². The summed E-state index contributed by atoms with van der Waals surface area (Å²) in [4.78, 5) is 6.90. The molecule has 10 rings (SSSR count). The van der Waals surface area contributed by atoms with Gasteiger partial charge in [-0.25, -0.2) is 0 Å². The van der Waals surface area contributed by atoms with Gasteiger partial charge in [0.25, 0.3) is 0 Å². The highest BCUT2D eigenvalue weighted by molar-refractivity contribution is 6.05. The molecule has 66 heavy (non-hydrogen) atoms. The lowest BCUT2D eigenvalue weighted by atomic mass is 9.85. The molecule has 0 aromatic heterocycles. The van der Waals surface area contributed by atoms with Crippen LogP contribution in [0.3, 0.4) is 0 Å². The molecule has 316 valence electrons. The van der Waals surface area contributed by atoms with Crippen molar-refractivity contribution < 1.29 is 0 Å². The monoisotopic (exact) mass is 848 g/mol. The van der Waals surface area contributed by atoms with E-state index in [0.717, 1.165) is 84.6 Å². The molecule has 0 amide bonds. The van der Waals surface area contributed by atoms with E-state index in [9.17, 15) is 0 Å². The second-order valence-corrected chi connectivity index (χ2v) is 16.0. The maximum Gasteiger partial charge on any atom is 0.0462 e. The Labute approximate surface area is 388 Å². The van der Waals surface area contributed by atoms with E-state index in [1.165, 1.54) is 0 Å². The molecule has 0 bridgehead atoms. The summed E-state index contributed by atoms with van der Waals surface area (Å²) in [5.74, 6) is 0. The molecule has 10 aromatic carbocycles. The Kier molecular flexibility index (Phi) is 12.0. The lowest BCUT2D eigenvalue weighted by molar-refractivity contribution is 1.28. The van der Waals surface area contributed by atoms with Gasteiger partial charge in [-0.15, -0.1) is 0 Å². The highest BCUT2D eigenvalue weighted by Crippen LogP contribution is 2.43. The smallest absolute Gasteiger partial charge is 0.0462 e. The highest BCUT2D eigenvalue weighted by atomic mass is 15.2. The predicted molar refractivity (Wildman–Crippen MR) is 279 cm³/mol. The van der Waals surface area contributed by atoms with Crippen LogP contribution in [-0.4, -0.2) is 0 Å². The summed E-state index contributed by atoms with van der Waals surface area (Å²) in [5, 5.41) is 0. The van der Waals surface area contributed by atoms with Crippen molar-refractivity contribution >= 4 is 68.0 Å². The van der Waals surface area contributed by atoms with E-state index in [4.69, 9.17) is 5.73 Å². The lowest BCUT2D eigenvalue weighted by Gasteiger charge is -2.27. The Balaban J connectivity index is 1.16. The minimum Gasteiger partial charge on any atom is -0.399 e. The average Bonchev–Trinajstić information content (AvgIpc) is 3.39. The van der Waals surface area contributed by atoms with E-state index < -0.39 is 0 Å². The summed E-state index contributed by atoms with van der Waals surface area (Å²) in [6.07, 6.45) is 0. The van der Waals surface area contributed by atoms with Crippen LogP contribution in [0.1, 0.15) is 22.3 Å². The molecule has 0 saturated heterocycles. The number of nitrogen functional groups attached to an aromatic ring is 1. The van der Waals surface area contributed by atoms with E-state index in [0.29, 0.717) is 5.69 Å². The molecule has 4 heteroatoms. The zero-order valence-electron chi connectivity index (χ0n) is 36.5. The van der Waals surface area contributed by atoms with E-state index in [1.807, 2.05) is 12.1 Å². The van der Waals surface area contributed by atoms with Crippen molar-refractivity contribution in [3.8, 4) is 0 Å². The molecule has 0 aliphatic heterocycles. The number of rotatable bonds is 13. The predicted octanol–water partition coefficient (Wildman–Crippen LogP) is 16.7. The number of hydrogen-bond donors (Lipinski definition) is 1. The topological polar surface area (TPSA) is 35.7 Å². The zero-order chi connectivity index (χ0) is 44.5. The molecule has 10 aromatic rings. The number of nitrogens with zero attached hydrogens (tertiary/aromatic N) is 3. The largest absolute Gasteiger partial charge is 0.399 e. The van der Waals surface area contributed by atoms with Crippen molar-refractivity contribution in [2.75, 3.05) is 20.4 Å². The molecule has 0 radical (unpaired) electrons. The highest BCUT2D eigenvalue weighted by Gasteiger charge is 2.21. The Morgan fingerprint density at radius 1 is 0.197 bits per heavy atom. The maximum absolute atomic E-state index is 6.38. The summed E-state index contributed by atoms with van der Waals surface area (Å²) >= 11 is 0. The molecule has 0 aliphatic carbocycles. The van der Waals surface area contributed by atoms with Crippen LogP contribution in [0.15, 0.2) is 279 Å². The van der Waals surface area contributed by atoms with E-state index >= 15 is 0 Å². The third kappa shape index (κ3) is 8.85. The standard InChI is InChI=1S/C62H48N4/c63-51-39-31-47(32-40-51)61(48-33-41-58(42-34-48)64(52-19-7-1-8-20-52)53-21-9-2-10-22-53)62(49-35-43-59(44-36-49)65(54-23-11-3-12-24-54)55-25-13-4-14-26-55)50-37-45-60(46-38-50)66(56-27-15-5-16-28-56)57-29-17-6-18-30-57/h1-46H,63H2. The van der Waals surface area contributed by atoms with Crippen molar-refractivity contribution in [1.29, 1.82) is 0 Å². The maximum atomic E-state index is 6.38. The first-order valence-electron chi connectivity index (χ1n) is 22.3. The molecule has 0 aliphatic rings. The van der Waals surface area contributed by atoms with Crippen molar-refractivity contribution in [3.05, 3.63) is 301 Å². The van der Waals surface area contributed by atoms with Gasteiger partial charge in [-0.3, -0.25) is 0 Å². The molecule has 2 N–H and O–H groups in total. The van der Waals surface area contributed by atoms with Crippen LogP contribution in [0.4, 0.5) is 56.9 Å². The van der Waals surface area contributed by atoms with Crippen LogP contribution in [-0.2, 0) is 0 Å². The van der Waals surface area contributed by atoms with Gasteiger partial charge in [-0.2, -0.15) is 0 Å². The number of anilines is 10. The van der Waals surface area contributed by atoms with E-state index in [2.05, 4.69) is 282 Å². The Morgan fingerprint density at radius 2 is 0.364 bits per heavy atom. The third-order valence-corrected chi connectivity index (χ3v) is 11.8. The van der Waals surface area contributed by atoms with Crippen molar-refractivity contribution in [2.45, 2.75) is 0 Å². The quantitative estimate of drug-likeness (QED) is 0.0926. The van der Waals surface area contributed by atoms with Crippen LogP contribution in [0.25, 0.3) is 11.1 Å². The number of benzene rings is 10. The van der Waals surface area contributed by atoms with Crippen LogP contribution in [0.5, 0.6) is 0 Å². The molecule has 0 unspecified atom stereocenters. The molecule has 0 atom stereocenters. The Bertz CT molecular complexity index is 2880. The summed E-state index contributed by atoms with van der Waals surface area (Å²) < 4.78 is 0. The number of para-hydroxylation sites is 6. The third-order valence-electron chi connectivity index (χ3n) is 11.8. The zero-order valence-corrected chi connectivity index (χ0v) is 36.5. The van der Waals surface area contributed by atoms with Crippen molar-refractivity contribution in [3.63, 3.8) is 0 Å². The molecule has 4 nitrogen and oxygen atoms in total.